The minimum Gasteiger partial charge on any atom is -0.492 e. The van der Waals surface area contributed by atoms with Crippen LogP contribution in [-0.2, 0) is 10.2 Å². The fraction of sp³-hybridized carbons (Fsp3) is 0.350. The van der Waals surface area contributed by atoms with E-state index in [0.29, 0.717) is 18.9 Å². The average Bonchev–Trinajstić information content (AvgIpc) is 2.57. The molecule has 0 unspecified atom stereocenters. The fourth-order valence-electron chi connectivity index (χ4n) is 2.13. The molecule has 1 N–H and O–H groups in total. The van der Waals surface area contributed by atoms with Gasteiger partial charge in [-0.3, -0.25) is 4.79 Å². The van der Waals surface area contributed by atoms with Crippen LogP contribution < -0.4 is 10.1 Å². The van der Waals surface area contributed by atoms with Crippen molar-refractivity contribution >= 4 is 17.7 Å². The maximum Gasteiger partial charge on any atom is 0.230 e. The largest absolute Gasteiger partial charge is 0.492 e. The maximum absolute atomic E-state index is 11.8. The lowest BCUT2D eigenvalue weighted by Gasteiger charge is -2.19. The Morgan fingerprint density at radius 2 is 1.71 bits per heavy atom. The number of carbonyl (C=O) groups excluding carboxylic acids is 1. The van der Waals surface area contributed by atoms with Gasteiger partial charge in [-0.05, 0) is 35.2 Å². The van der Waals surface area contributed by atoms with Gasteiger partial charge in [0.1, 0.15) is 12.4 Å². The summed E-state index contributed by atoms with van der Waals surface area (Å²) in [4.78, 5) is 12.9. The molecule has 0 radical (unpaired) electrons. The van der Waals surface area contributed by atoms with E-state index in [1.165, 1.54) is 17.3 Å². The zero-order valence-electron chi connectivity index (χ0n) is 14.5. The van der Waals surface area contributed by atoms with Gasteiger partial charge in [-0.1, -0.05) is 51.1 Å². The van der Waals surface area contributed by atoms with Crippen molar-refractivity contribution in [1.29, 1.82) is 0 Å². The van der Waals surface area contributed by atoms with E-state index in [1.54, 1.807) is 0 Å². The summed E-state index contributed by atoms with van der Waals surface area (Å²) in [5.41, 5.74) is 1.42. The average molecular weight is 343 g/mol. The zero-order chi connectivity index (χ0) is 17.4. The van der Waals surface area contributed by atoms with Crippen LogP contribution in [0, 0.1) is 0 Å². The lowest BCUT2D eigenvalue weighted by atomic mass is 9.87. The van der Waals surface area contributed by atoms with Gasteiger partial charge in [0.25, 0.3) is 0 Å². The number of hydrogen-bond donors (Lipinski definition) is 1. The van der Waals surface area contributed by atoms with Crippen LogP contribution in [0.3, 0.4) is 0 Å². The number of thioether (sulfide) groups is 1. The van der Waals surface area contributed by atoms with Gasteiger partial charge in [-0.2, -0.15) is 0 Å². The molecule has 4 heteroatoms. The van der Waals surface area contributed by atoms with E-state index in [-0.39, 0.29) is 11.3 Å². The van der Waals surface area contributed by atoms with Gasteiger partial charge >= 0.3 is 0 Å². The Kier molecular flexibility index (Phi) is 6.73. The number of amides is 1. The Labute approximate surface area is 148 Å². The Balaban J connectivity index is 1.64. The normalized spacial score (nSPS) is 11.1. The summed E-state index contributed by atoms with van der Waals surface area (Å²) < 4.78 is 5.67. The second-order valence-corrected chi connectivity index (χ2v) is 7.62. The second kappa shape index (κ2) is 8.78. The van der Waals surface area contributed by atoms with Gasteiger partial charge in [0.05, 0.1) is 12.3 Å². The topological polar surface area (TPSA) is 38.3 Å². The van der Waals surface area contributed by atoms with Gasteiger partial charge in [-0.15, -0.1) is 11.8 Å². The molecule has 0 saturated heterocycles. The minimum atomic E-state index is 0.0236. The number of benzene rings is 2. The summed E-state index contributed by atoms with van der Waals surface area (Å²) in [7, 11) is 0. The molecule has 0 aliphatic rings. The molecule has 24 heavy (non-hydrogen) atoms. The van der Waals surface area contributed by atoms with Crippen molar-refractivity contribution in [3.63, 3.8) is 0 Å². The minimum absolute atomic E-state index is 0.0236. The molecular formula is C20H25NO2S. The third kappa shape index (κ3) is 6.28. The van der Waals surface area contributed by atoms with Crippen LogP contribution >= 0.6 is 11.8 Å². The second-order valence-electron chi connectivity index (χ2n) is 6.57. The highest BCUT2D eigenvalue weighted by atomic mass is 32.2. The fourth-order valence-corrected chi connectivity index (χ4v) is 2.88. The van der Waals surface area contributed by atoms with E-state index >= 15 is 0 Å². The molecule has 2 rings (SSSR count). The molecule has 0 aromatic heterocycles. The van der Waals surface area contributed by atoms with E-state index in [0.717, 1.165) is 10.6 Å². The number of nitrogens with one attached hydrogen (secondary N) is 1. The van der Waals surface area contributed by atoms with Crippen molar-refractivity contribution in [3.8, 4) is 5.75 Å². The first-order chi connectivity index (χ1) is 11.4. The van der Waals surface area contributed by atoms with E-state index in [1.807, 2.05) is 42.5 Å². The summed E-state index contributed by atoms with van der Waals surface area (Å²) in [5, 5.41) is 2.87. The molecule has 2 aromatic rings. The number of rotatable bonds is 7. The monoisotopic (exact) mass is 343 g/mol. The molecule has 0 bridgehead atoms. The first-order valence-corrected chi connectivity index (χ1v) is 9.11. The van der Waals surface area contributed by atoms with Gasteiger partial charge in [0.15, 0.2) is 0 Å². The van der Waals surface area contributed by atoms with Gasteiger partial charge in [0.2, 0.25) is 5.91 Å². The van der Waals surface area contributed by atoms with Crippen LogP contribution in [0.4, 0.5) is 0 Å². The Bertz CT molecular complexity index is 633. The van der Waals surface area contributed by atoms with Crippen molar-refractivity contribution in [1.82, 2.24) is 5.32 Å². The summed E-state index contributed by atoms with van der Waals surface area (Å²) in [6.45, 7) is 7.54. The molecule has 0 saturated carbocycles. The highest BCUT2D eigenvalue weighted by Gasteiger charge is 2.12. The molecule has 128 valence electrons. The highest BCUT2D eigenvalue weighted by molar-refractivity contribution is 8.00. The molecule has 0 heterocycles. The molecule has 0 aliphatic heterocycles. The molecule has 0 aliphatic carbocycles. The van der Waals surface area contributed by atoms with E-state index in [4.69, 9.17) is 4.74 Å². The standard InChI is InChI=1S/C20H25NO2S/c1-20(2,3)16-9-11-17(12-10-16)23-14-13-21-19(22)15-24-18-7-5-4-6-8-18/h4-12H,13-15H2,1-3H3,(H,21,22). The van der Waals surface area contributed by atoms with Crippen LogP contribution in [-0.4, -0.2) is 24.8 Å². The van der Waals surface area contributed by atoms with Crippen molar-refractivity contribution in [2.75, 3.05) is 18.9 Å². The third-order valence-corrected chi connectivity index (χ3v) is 4.54. The lowest BCUT2D eigenvalue weighted by Crippen LogP contribution is -2.29. The van der Waals surface area contributed by atoms with E-state index in [9.17, 15) is 4.79 Å². The zero-order valence-corrected chi connectivity index (χ0v) is 15.4. The quantitative estimate of drug-likeness (QED) is 0.603. The SMILES string of the molecule is CC(C)(C)c1ccc(OCCNC(=O)CSc2ccccc2)cc1. The van der Waals surface area contributed by atoms with Crippen molar-refractivity contribution in [2.24, 2.45) is 0 Å². The number of hydrogen-bond acceptors (Lipinski definition) is 3. The molecule has 0 atom stereocenters. The molecule has 1 amide bonds. The summed E-state index contributed by atoms with van der Waals surface area (Å²) in [6, 6.07) is 18.0. The van der Waals surface area contributed by atoms with Crippen LogP contribution in [0.1, 0.15) is 26.3 Å². The summed E-state index contributed by atoms with van der Waals surface area (Å²) >= 11 is 1.53. The van der Waals surface area contributed by atoms with Crippen LogP contribution in [0.5, 0.6) is 5.75 Å². The Morgan fingerprint density at radius 1 is 1.04 bits per heavy atom. The van der Waals surface area contributed by atoms with E-state index in [2.05, 4.69) is 38.2 Å². The first-order valence-electron chi connectivity index (χ1n) is 8.13. The van der Waals surface area contributed by atoms with Gasteiger partial charge in [-0.25, -0.2) is 0 Å². The van der Waals surface area contributed by atoms with E-state index < -0.39 is 0 Å². The molecule has 2 aromatic carbocycles. The predicted octanol–water partition coefficient (Wildman–Crippen LogP) is 4.27. The van der Waals surface area contributed by atoms with Crippen LogP contribution in [0.2, 0.25) is 0 Å². The van der Waals surface area contributed by atoms with Crippen molar-refractivity contribution in [2.45, 2.75) is 31.1 Å². The van der Waals surface area contributed by atoms with Crippen molar-refractivity contribution in [3.05, 3.63) is 60.2 Å². The van der Waals surface area contributed by atoms with Crippen LogP contribution in [0.25, 0.3) is 0 Å². The van der Waals surface area contributed by atoms with Gasteiger partial charge in [0, 0.05) is 4.90 Å². The van der Waals surface area contributed by atoms with Crippen molar-refractivity contribution < 1.29 is 9.53 Å². The lowest BCUT2D eigenvalue weighted by molar-refractivity contribution is -0.118. The Morgan fingerprint density at radius 3 is 2.33 bits per heavy atom. The molecule has 3 nitrogen and oxygen atoms in total. The Hall–Kier alpha value is -1.94. The first kappa shape index (κ1) is 18.4. The summed E-state index contributed by atoms with van der Waals surface area (Å²) in [6.07, 6.45) is 0. The van der Waals surface area contributed by atoms with Crippen LogP contribution in [0.15, 0.2) is 59.5 Å². The molecule has 0 spiro atoms. The predicted molar refractivity (Wildman–Crippen MR) is 101 cm³/mol. The maximum atomic E-state index is 11.8. The smallest absolute Gasteiger partial charge is 0.230 e. The molecular weight excluding hydrogens is 318 g/mol. The van der Waals surface area contributed by atoms with Gasteiger partial charge < -0.3 is 10.1 Å². The highest BCUT2D eigenvalue weighted by Crippen LogP contribution is 2.24. The number of ether oxygens (including phenoxy) is 1. The molecule has 0 fully saturated rings. The third-order valence-electron chi connectivity index (χ3n) is 3.53. The number of carbonyl (C=O) groups is 1. The summed E-state index contributed by atoms with van der Waals surface area (Å²) in [5.74, 6) is 1.27.